The Bertz CT molecular complexity index is 723. The normalized spacial score (nSPS) is 10.8. The van der Waals surface area contributed by atoms with Crippen molar-refractivity contribution >= 4 is 22.7 Å². The highest BCUT2D eigenvalue weighted by Crippen LogP contribution is 2.18. The van der Waals surface area contributed by atoms with Crippen molar-refractivity contribution in [2.75, 3.05) is 11.1 Å². The Kier molecular flexibility index (Phi) is 2.71. The molecule has 3 N–H and O–H groups in total. The van der Waals surface area contributed by atoms with E-state index in [9.17, 15) is 0 Å². The number of anilines is 2. The molecule has 0 aliphatic rings. The number of nitrogens with one attached hydrogen (secondary N) is 1. The number of fused-ring (bicyclic) bond motifs is 1. The smallest absolute Gasteiger partial charge is 0.223 e. The first-order valence-corrected chi connectivity index (χ1v) is 5.78. The van der Waals surface area contributed by atoms with Crippen molar-refractivity contribution < 1.29 is 4.52 Å². The van der Waals surface area contributed by atoms with Crippen LogP contribution < -0.4 is 11.1 Å². The molecule has 1 aromatic carbocycles. The fourth-order valence-electron chi connectivity index (χ4n) is 1.72. The molecule has 3 aromatic rings. The predicted octanol–water partition coefficient (Wildman–Crippen LogP) is 1.52. The third kappa shape index (κ3) is 2.30. The first kappa shape index (κ1) is 11.4. The molecule has 0 fully saturated rings. The summed E-state index contributed by atoms with van der Waals surface area (Å²) >= 11 is 0. The Balaban J connectivity index is 1.86. The van der Waals surface area contributed by atoms with Gasteiger partial charge in [-0.1, -0.05) is 17.3 Å². The van der Waals surface area contributed by atoms with Gasteiger partial charge in [0, 0.05) is 6.92 Å². The number of nitrogens with zero attached hydrogens (tertiary/aromatic N) is 4. The second-order valence-corrected chi connectivity index (χ2v) is 4.03. The number of nitrogen functional groups attached to an aromatic ring is 1. The Hall–Kier alpha value is -2.70. The topological polar surface area (TPSA) is 103 Å². The number of para-hydroxylation sites is 2. The largest absolute Gasteiger partial charge is 0.381 e. The average Bonchev–Trinajstić information content (AvgIpc) is 2.82. The lowest BCUT2D eigenvalue weighted by molar-refractivity contribution is 0.388. The van der Waals surface area contributed by atoms with E-state index in [0.717, 1.165) is 11.0 Å². The minimum atomic E-state index is 0.346. The molecule has 0 bridgehead atoms. The first-order chi connectivity index (χ1) is 9.22. The summed E-state index contributed by atoms with van der Waals surface area (Å²) in [6, 6.07) is 7.54. The summed E-state index contributed by atoms with van der Waals surface area (Å²) in [6.45, 7) is 2.12. The maximum atomic E-state index is 5.86. The van der Waals surface area contributed by atoms with Gasteiger partial charge in [-0.05, 0) is 12.1 Å². The molecule has 0 spiro atoms. The SMILES string of the molecule is Cc1nc(CNc2nc3ccccc3nc2N)no1. The summed E-state index contributed by atoms with van der Waals surface area (Å²) < 4.78 is 4.88. The van der Waals surface area contributed by atoms with Crippen LogP contribution in [-0.2, 0) is 6.54 Å². The predicted molar refractivity (Wildman–Crippen MR) is 70.3 cm³/mol. The van der Waals surface area contributed by atoms with Gasteiger partial charge >= 0.3 is 0 Å². The van der Waals surface area contributed by atoms with Gasteiger partial charge in [0.15, 0.2) is 17.5 Å². The van der Waals surface area contributed by atoms with Crippen LogP contribution in [0.15, 0.2) is 28.8 Å². The Morgan fingerprint density at radius 3 is 2.58 bits per heavy atom. The zero-order valence-electron chi connectivity index (χ0n) is 10.3. The summed E-state index contributed by atoms with van der Waals surface area (Å²) in [5, 5.41) is 6.84. The zero-order chi connectivity index (χ0) is 13.2. The van der Waals surface area contributed by atoms with Gasteiger partial charge in [-0.25, -0.2) is 9.97 Å². The van der Waals surface area contributed by atoms with Gasteiger partial charge < -0.3 is 15.6 Å². The summed E-state index contributed by atoms with van der Waals surface area (Å²) in [7, 11) is 0. The molecular formula is C12H12N6O. The highest BCUT2D eigenvalue weighted by Gasteiger charge is 2.07. The number of nitrogens with two attached hydrogens (primary N) is 1. The molecular weight excluding hydrogens is 244 g/mol. The van der Waals surface area contributed by atoms with E-state index in [4.69, 9.17) is 10.3 Å². The van der Waals surface area contributed by atoms with E-state index in [1.165, 1.54) is 0 Å². The van der Waals surface area contributed by atoms with E-state index in [1.807, 2.05) is 24.3 Å². The standard InChI is InChI=1S/C12H12N6O/c1-7-15-10(18-19-7)6-14-12-11(13)16-8-4-2-3-5-9(8)17-12/h2-5H,6H2,1H3,(H2,13,16)(H,14,17). The molecule has 0 saturated heterocycles. The van der Waals surface area contributed by atoms with E-state index < -0.39 is 0 Å². The molecule has 2 aromatic heterocycles. The van der Waals surface area contributed by atoms with Crippen LogP contribution >= 0.6 is 0 Å². The van der Waals surface area contributed by atoms with Gasteiger partial charge in [0.2, 0.25) is 5.89 Å². The molecule has 2 heterocycles. The number of benzene rings is 1. The molecule has 19 heavy (non-hydrogen) atoms. The highest BCUT2D eigenvalue weighted by atomic mass is 16.5. The van der Waals surface area contributed by atoms with Crippen molar-refractivity contribution in [3.05, 3.63) is 36.0 Å². The summed E-state index contributed by atoms with van der Waals surface area (Å²) in [4.78, 5) is 12.8. The van der Waals surface area contributed by atoms with Crippen LogP contribution in [-0.4, -0.2) is 20.1 Å². The lowest BCUT2D eigenvalue weighted by atomic mass is 10.3. The van der Waals surface area contributed by atoms with Crippen LogP contribution in [0.25, 0.3) is 11.0 Å². The summed E-state index contributed by atoms with van der Waals surface area (Å²) in [6.07, 6.45) is 0. The van der Waals surface area contributed by atoms with E-state index >= 15 is 0 Å². The fraction of sp³-hybridized carbons (Fsp3) is 0.167. The first-order valence-electron chi connectivity index (χ1n) is 5.78. The maximum Gasteiger partial charge on any atom is 0.223 e. The van der Waals surface area contributed by atoms with Crippen molar-refractivity contribution in [3.63, 3.8) is 0 Å². The molecule has 0 aliphatic carbocycles. The zero-order valence-corrected chi connectivity index (χ0v) is 10.3. The van der Waals surface area contributed by atoms with Crippen LogP contribution in [0.3, 0.4) is 0 Å². The molecule has 96 valence electrons. The molecule has 0 aliphatic heterocycles. The average molecular weight is 256 g/mol. The fourth-order valence-corrected chi connectivity index (χ4v) is 1.72. The van der Waals surface area contributed by atoms with Crippen molar-refractivity contribution in [3.8, 4) is 0 Å². The number of hydrogen-bond donors (Lipinski definition) is 2. The number of aromatic nitrogens is 4. The quantitative estimate of drug-likeness (QED) is 0.732. The molecule has 3 rings (SSSR count). The lowest BCUT2D eigenvalue weighted by Crippen LogP contribution is -2.07. The van der Waals surface area contributed by atoms with Gasteiger partial charge in [-0.3, -0.25) is 0 Å². The molecule has 0 unspecified atom stereocenters. The van der Waals surface area contributed by atoms with Crippen LogP contribution in [0.4, 0.5) is 11.6 Å². The van der Waals surface area contributed by atoms with Crippen LogP contribution in [0.1, 0.15) is 11.7 Å². The Labute approximate surface area is 108 Å². The van der Waals surface area contributed by atoms with E-state index in [2.05, 4.69) is 25.4 Å². The number of hydrogen-bond acceptors (Lipinski definition) is 7. The molecule has 0 atom stereocenters. The van der Waals surface area contributed by atoms with Gasteiger partial charge in [-0.2, -0.15) is 4.98 Å². The lowest BCUT2D eigenvalue weighted by Gasteiger charge is -2.06. The van der Waals surface area contributed by atoms with Crippen molar-refractivity contribution in [2.24, 2.45) is 0 Å². The maximum absolute atomic E-state index is 5.86. The Morgan fingerprint density at radius 1 is 1.16 bits per heavy atom. The number of rotatable bonds is 3. The van der Waals surface area contributed by atoms with Crippen molar-refractivity contribution in [1.82, 2.24) is 20.1 Å². The Morgan fingerprint density at radius 2 is 1.89 bits per heavy atom. The van der Waals surface area contributed by atoms with E-state index in [-0.39, 0.29) is 0 Å². The van der Waals surface area contributed by atoms with Gasteiger partial charge in [0.05, 0.1) is 17.6 Å². The summed E-state index contributed by atoms with van der Waals surface area (Å²) in [5.41, 5.74) is 7.40. The third-order valence-corrected chi connectivity index (χ3v) is 2.58. The molecule has 0 saturated carbocycles. The minimum Gasteiger partial charge on any atom is -0.381 e. The second kappa shape index (κ2) is 4.52. The molecule has 0 amide bonds. The van der Waals surface area contributed by atoms with Gasteiger partial charge in [0.1, 0.15) is 0 Å². The van der Waals surface area contributed by atoms with Crippen LogP contribution in [0.2, 0.25) is 0 Å². The van der Waals surface area contributed by atoms with Gasteiger partial charge in [-0.15, -0.1) is 0 Å². The van der Waals surface area contributed by atoms with E-state index in [1.54, 1.807) is 6.92 Å². The van der Waals surface area contributed by atoms with E-state index in [0.29, 0.717) is 29.9 Å². The molecule has 0 radical (unpaired) electrons. The van der Waals surface area contributed by atoms with Gasteiger partial charge in [0.25, 0.3) is 0 Å². The van der Waals surface area contributed by atoms with Crippen LogP contribution in [0, 0.1) is 6.92 Å². The van der Waals surface area contributed by atoms with Crippen molar-refractivity contribution in [2.45, 2.75) is 13.5 Å². The minimum absolute atomic E-state index is 0.346. The highest BCUT2D eigenvalue weighted by molar-refractivity contribution is 5.79. The van der Waals surface area contributed by atoms with Crippen LogP contribution in [0.5, 0.6) is 0 Å². The summed E-state index contributed by atoms with van der Waals surface area (Å²) in [5.74, 6) is 1.93. The second-order valence-electron chi connectivity index (χ2n) is 4.03. The van der Waals surface area contributed by atoms with Crippen molar-refractivity contribution in [1.29, 1.82) is 0 Å². The monoisotopic (exact) mass is 256 g/mol. The molecule has 7 heteroatoms. The molecule has 7 nitrogen and oxygen atoms in total. The number of aryl methyl sites for hydroxylation is 1. The third-order valence-electron chi connectivity index (χ3n) is 2.58.